The minimum atomic E-state index is -0.0669. The van der Waals surface area contributed by atoms with E-state index in [0.29, 0.717) is 26.1 Å². The molecule has 3 amide bonds. The lowest BCUT2D eigenvalue weighted by atomic mass is 10.00. The molecule has 0 bridgehead atoms. The van der Waals surface area contributed by atoms with Crippen molar-refractivity contribution in [2.75, 3.05) is 19.6 Å². The molecule has 2 N–H and O–H groups in total. The minimum absolute atomic E-state index is 0.0172. The molecule has 0 spiro atoms. The first-order valence-corrected chi connectivity index (χ1v) is 7.02. The minimum Gasteiger partial charge on any atom is -0.375 e. The predicted molar refractivity (Wildman–Crippen MR) is 70.8 cm³/mol. The van der Waals surface area contributed by atoms with Crippen LogP contribution in [0.3, 0.4) is 0 Å². The highest BCUT2D eigenvalue weighted by molar-refractivity contribution is 5.79. The van der Waals surface area contributed by atoms with Crippen LogP contribution >= 0.6 is 0 Å². The van der Waals surface area contributed by atoms with Gasteiger partial charge >= 0.3 is 6.03 Å². The lowest BCUT2D eigenvalue weighted by Gasteiger charge is -2.33. The number of hydrogen-bond acceptors (Lipinski definition) is 3. The summed E-state index contributed by atoms with van der Waals surface area (Å²) in [7, 11) is 0. The molecule has 2 atom stereocenters. The fourth-order valence-corrected chi connectivity index (χ4v) is 2.76. The van der Waals surface area contributed by atoms with Gasteiger partial charge in [-0.2, -0.15) is 0 Å². The van der Waals surface area contributed by atoms with Gasteiger partial charge in [0.1, 0.15) is 0 Å². The number of carbonyl (C=O) groups is 2. The highest BCUT2D eigenvalue weighted by Crippen LogP contribution is 2.19. The molecule has 6 nitrogen and oxygen atoms in total. The fraction of sp³-hybridized carbons (Fsp3) is 0.846. The molecule has 2 saturated heterocycles. The van der Waals surface area contributed by atoms with Gasteiger partial charge in [-0.15, -0.1) is 0 Å². The van der Waals surface area contributed by atoms with Crippen LogP contribution in [-0.4, -0.2) is 54.7 Å². The van der Waals surface area contributed by atoms with E-state index in [1.165, 1.54) is 0 Å². The Labute approximate surface area is 113 Å². The van der Waals surface area contributed by atoms with Gasteiger partial charge in [0.05, 0.1) is 12.2 Å². The maximum absolute atomic E-state index is 12.2. The van der Waals surface area contributed by atoms with Gasteiger partial charge in [0, 0.05) is 32.1 Å². The van der Waals surface area contributed by atoms with E-state index in [1.54, 1.807) is 4.90 Å². The first-order valence-electron chi connectivity index (χ1n) is 7.02. The molecule has 2 heterocycles. The van der Waals surface area contributed by atoms with Gasteiger partial charge in [-0.25, -0.2) is 4.79 Å². The topological polar surface area (TPSA) is 70.7 Å². The van der Waals surface area contributed by atoms with Crippen molar-refractivity contribution in [3.8, 4) is 0 Å². The molecule has 2 aliphatic heterocycles. The second kappa shape index (κ2) is 6.23. The molecule has 6 heteroatoms. The van der Waals surface area contributed by atoms with Crippen molar-refractivity contribution in [3.63, 3.8) is 0 Å². The lowest BCUT2D eigenvalue weighted by molar-refractivity contribution is -0.120. The van der Waals surface area contributed by atoms with Gasteiger partial charge in [0.15, 0.2) is 0 Å². The van der Waals surface area contributed by atoms with Crippen LogP contribution in [0.25, 0.3) is 0 Å². The largest absolute Gasteiger partial charge is 0.375 e. The van der Waals surface area contributed by atoms with Gasteiger partial charge in [-0.1, -0.05) is 0 Å². The summed E-state index contributed by atoms with van der Waals surface area (Å²) in [6.07, 6.45) is 2.44. The number of urea groups is 1. The van der Waals surface area contributed by atoms with Crippen LogP contribution in [-0.2, 0) is 9.53 Å². The number of carbonyl (C=O) groups excluding carboxylic acids is 2. The third kappa shape index (κ3) is 4.09. The fourth-order valence-electron chi connectivity index (χ4n) is 2.76. The molecule has 2 fully saturated rings. The molecule has 19 heavy (non-hydrogen) atoms. The van der Waals surface area contributed by atoms with Crippen molar-refractivity contribution in [1.82, 2.24) is 15.5 Å². The molecule has 0 radical (unpaired) electrons. The quantitative estimate of drug-likeness (QED) is 0.727. The van der Waals surface area contributed by atoms with Crippen LogP contribution in [0.5, 0.6) is 0 Å². The molecule has 2 rings (SSSR count). The summed E-state index contributed by atoms with van der Waals surface area (Å²) in [6.45, 7) is 5.66. The summed E-state index contributed by atoms with van der Waals surface area (Å²) in [5.41, 5.74) is 0. The van der Waals surface area contributed by atoms with Crippen molar-refractivity contribution < 1.29 is 14.3 Å². The van der Waals surface area contributed by atoms with E-state index in [-0.39, 0.29) is 30.2 Å². The average molecular weight is 269 g/mol. The van der Waals surface area contributed by atoms with E-state index in [0.717, 1.165) is 12.8 Å². The molecule has 108 valence electrons. The third-order valence-electron chi connectivity index (χ3n) is 3.62. The highest BCUT2D eigenvalue weighted by atomic mass is 16.5. The van der Waals surface area contributed by atoms with Crippen LogP contribution in [0.2, 0.25) is 0 Å². The number of rotatable bonds is 1. The van der Waals surface area contributed by atoms with E-state index in [1.807, 2.05) is 13.8 Å². The Hall–Kier alpha value is -1.30. The molecular formula is C13H23N3O3. The first-order chi connectivity index (χ1) is 9.04. The SMILES string of the molecule is CC1CC(NC(=O)N2CCNC(=O)CC2)CC(C)O1. The van der Waals surface area contributed by atoms with Gasteiger partial charge in [0.25, 0.3) is 0 Å². The van der Waals surface area contributed by atoms with Gasteiger partial charge in [0.2, 0.25) is 5.91 Å². The molecule has 2 aliphatic rings. The number of hydrogen-bond donors (Lipinski definition) is 2. The summed E-state index contributed by atoms with van der Waals surface area (Å²) < 4.78 is 5.66. The molecule has 0 aromatic rings. The zero-order valence-electron chi connectivity index (χ0n) is 11.6. The Morgan fingerprint density at radius 3 is 2.68 bits per heavy atom. The Morgan fingerprint density at radius 2 is 2.00 bits per heavy atom. The summed E-state index contributed by atoms with van der Waals surface area (Å²) >= 11 is 0. The highest BCUT2D eigenvalue weighted by Gasteiger charge is 2.27. The maximum Gasteiger partial charge on any atom is 0.317 e. The smallest absolute Gasteiger partial charge is 0.317 e. The van der Waals surface area contributed by atoms with E-state index < -0.39 is 0 Å². The zero-order valence-corrected chi connectivity index (χ0v) is 11.6. The summed E-state index contributed by atoms with van der Waals surface area (Å²) in [5.74, 6) is 0.0172. The van der Waals surface area contributed by atoms with Crippen LogP contribution in [0.1, 0.15) is 33.1 Å². The summed E-state index contributed by atoms with van der Waals surface area (Å²) in [4.78, 5) is 25.1. The second-order valence-electron chi connectivity index (χ2n) is 5.46. The summed E-state index contributed by atoms with van der Waals surface area (Å²) in [6, 6.07) is 0.0981. The van der Waals surface area contributed by atoms with Gasteiger partial charge < -0.3 is 20.3 Å². The van der Waals surface area contributed by atoms with E-state index in [9.17, 15) is 9.59 Å². The van der Waals surface area contributed by atoms with Crippen molar-refractivity contribution in [2.24, 2.45) is 0 Å². The van der Waals surface area contributed by atoms with Crippen molar-refractivity contribution in [3.05, 3.63) is 0 Å². The van der Waals surface area contributed by atoms with E-state index in [2.05, 4.69) is 10.6 Å². The predicted octanol–water partition coefficient (Wildman–Crippen LogP) is 0.474. The van der Waals surface area contributed by atoms with Crippen molar-refractivity contribution >= 4 is 11.9 Å². The van der Waals surface area contributed by atoms with Crippen molar-refractivity contribution in [2.45, 2.75) is 51.4 Å². The van der Waals surface area contributed by atoms with Crippen molar-refractivity contribution in [1.29, 1.82) is 0 Å². The first kappa shape index (κ1) is 14.1. The lowest BCUT2D eigenvalue weighted by Crippen LogP contribution is -2.49. The van der Waals surface area contributed by atoms with Crippen LogP contribution in [0, 0.1) is 0 Å². The molecular weight excluding hydrogens is 246 g/mol. The molecule has 0 aromatic heterocycles. The second-order valence-corrected chi connectivity index (χ2v) is 5.46. The Bertz CT molecular complexity index is 338. The Kier molecular flexibility index (Phi) is 4.63. The number of ether oxygens (including phenoxy) is 1. The molecule has 0 aromatic carbocycles. The van der Waals surface area contributed by atoms with Crippen LogP contribution < -0.4 is 10.6 Å². The number of nitrogens with zero attached hydrogens (tertiary/aromatic N) is 1. The monoisotopic (exact) mass is 269 g/mol. The Morgan fingerprint density at radius 1 is 1.32 bits per heavy atom. The van der Waals surface area contributed by atoms with E-state index >= 15 is 0 Å². The molecule has 0 aliphatic carbocycles. The summed E-state index contributed by atoms with van der Waals surface area (Å²) in [5, 5.41) is 5.83. The maximum atomic E-state index is 12.2. The van der Waals surface area contributed by atoms with Crippen LogP contribution in [0.15, 0.2) is 0 Å². The molecule has 0 saturated carbocycles. The van der Waals surface area contributed by atoms with Crippen LogP contribution in [0.4, 0.5) is 4.79 Å². The normalized spacial score (nSPS) is 32.4. The average Bonchev–Trinajstić information content (AvgIpc) is 2.52. The number of nitrogens with one attached hydrogen (secondary N) is 2. The standard InChI is InChI=1S/C13H23N3O3/c1-9-7-11(8-10(2)19-9)15-13(18)16-5-3-12(17)14-4-6-16/h9-11H,3-8H2,1-2H3,(H,14,17)(H,15,18). The van der Waals surface area contributed by atoms with E-state index in [4.69, 9.17) is 4.74 Å². The number of amides is 3. The van der Waals surface area contributed by atoms with Gasteiger partial charge in [-0.3, -0.25) is 4.79 Å². The molecule has 2 unspecified atom stereocenters. The Balaban J connectivity index is 1.84. The zero-order chi connectivity index (χ0) is 13.8. The van der Waals surface area contributed by atoms with Gasteiger partial charge in [-0.05, 0) is 26.7 Å². The third-order valence-corrected chi connectivity index (χ3v) is 3.62.